The Morgan fingerprint density at radius 1 is 1.17 bits per heavy atom. The van der Waals surface area contributed by atoms with Crippen molar-refractivity contribution in [2.24, 2.45) is 0 Å². The summed E-state index contributed by atoms with van der Waals surface area (Å²) in [6, 6.07) is 15.1. The summed E-state index contributed by atoms with van der Waals surface area (Å²) in [7, 11) is 1.63. The van der Waals surface area contributed by atoms with E-state index < -0.39 is 12.1 Å². The first-order chi connectivity index (χ1) is 20.0. The average molecular weight is 564 g/mol. The first-order valence-corrected chi connectivity index (χ1v) is 14.1. The third kappa shape index (κ3) is 7.41. The molecule has 5 rings (SSSR count). The Hall–Kier alpha value is -3.53. The zero-order chi connectivity index (χ0) is 28.6. The topological polar surface area (TPSA) is 131 Å². The highest BCUT2D eigenvalue weighted by molar-refractivity contribution is 5.82. The molecule has 1 amide bonds. The number of hydrogen-bond acceptors (Lipinski definition) is 9. The lowest BCUT2D eigenvalue weighted by molar-refractivity contribution is -0.136. The van der Waals surface area contributed by atoms with Crippen LogP contribution < -0.4 is 16.4 Å². The van der Waals surface area contributed by atoms with Gasteiger partial charge in [-0.25, -0.2) is 4.79 Å². The standard InChI is InChI=1S/C30H37N5O6/c1-38-25-8-9-32-19-28(40-20-25)29(36)33-24(18-31)16-21-2-4-22(5-3-21)23-6-7-27-26(17-23)35(30(37)41-27)11-10-34-12-14-39-15-13-34/h2-7,17,24-25,28,32H,8-16,19-20H2,1H3,(H,33,36). The molecule has 2 N–H and O–H groups in total. The van der Waals surface area contributed by atoms with E-state index in [2.05, 4.69) is 21.6 Å². The largest absolute Gasteiger partial charge is 0.419 e. The Morgan fingerprint density at radius 3 is 2.71 bits per heavy atom. The SMILES string of the molecule is COC1CCNCC(C(=O)NC(C#N)Cc2ccc(-c3ccc4oc(=O)n(CCN5CCOCC5)c4c3)cc2)OC1. The smallest absolute Gasteiger partial charge is 0.408 e. The first kappa shape index (κ1) is 29.0. The number of nitrogens with zero attached hydrogens (tertiary/aromatic N) is 3. The molecule has 0 bridgehead atoms. The van der Waals surface area contributed by atoms with Gasteiger partial charge in [0.05, 0.1) is 37.5 Å². The van der Waals surface area contributed by atoms with Crippen molar-refractivity contribution in [3.8, 4) is 17.2 Å². The number of amides is 1. The van der Waals surface area contributed by atoms with Crippen molar-refractivity contribution < 1.29 is 23.4 Å². The van der Waals surface area contributed by atoms with Crippen LogP contribution >= 0.6 is 0 Å². The normalized spacial score (nSPS) is 21.1. The fourth-order valence-electron chi connectivity index (χ4n) is 5.20. The summed E-state index contributed by atoms with van der Waals surface area (Å²) in [6.45, 7) is 5.90. The molecule has 41 heavy (non-hydrogen) atoms. The molecule has 0 spiro atoms. The summed E-state index contributed by atoms with van der Waals surface area (Å²) in [4.78, 5) is 27.7. The first-order valence-electron chi connectivity index (χ1n) is 14.1. The monoisotopic (exact) mass is 563 g/mol. The molecule has 3 aromatic rings. The predicted octanol–water partition coefficient (Wildman–Crippen LogP) is 1.54. The number of ether oxygens (including phenoxy) is 3. The van der Waals surface area contributed by atoms with Crippen molar-refractivity contribution in [1.29, 1.82) is 5.26 Å². The number of nitrogens with one attached hydrogen (secondary N) is 2. The van der Waals surface area contributed by atoms with Crippen LogP contribution in [0.2, 0.25) is 0 Å². The van der Waals surface area contributed by atoms with Crippen LogP contribution in [0.1, 0.15) is 12.0 Å². The maximum Gasteiger partial charge on any atom is 0.419 e. The fourth-order valence-corrected chi connectivity index (χ4v) is 5.20. The minimum atomic E-state index is -0.691. The van der Waals surface area contributed by atoms with Gasteiger partial charge in [-0.15, -0.1) is 0 Å². The van der Waals surface area contributed by atoms with E-state index in [9.17, 15) is 14.9 Å². The number of fused-ring (bicyclic) bond motifs is 1. The molecular weight excluding hydrogens is 526 g/mol. The number of nitriles is 1. The molecule has 11 heteroatoms. The third-order valence-corrected chi connectivity index (χ3v) is 7.69. The van der Waals surface area contributed by atoms with E-state index in [1.54, 1.807) is 11.7 Å². The van der Waals surface area contributed by atoms with Gasteiger partial charge in [0.2, 0.25) is 0 Å². The lowest BCUT2D eigenvalue weighted by Crippen LogP contribution is -2.49. The number of carbonyl (C=O) groups excluding carboxylic acids is 1. The van der Waals surface area contributed by atoms with E-state index in [4.69, 9.17) is 18.6 Å². The van der Waals surface area contributed by atoms with Crippen molar-refractivity contribution in [2.45, 2.75) is 37.6 Å². The minimum Gasteiger partial charge on any atom is -0.408 e. The van der Waals surface area contributed by atoms with Crippen molar-refractivity contribution in [3.05, 3.63) is 58.6 Å². The van der Waals surface area contributed by atoms with Gasteiger partial charge in [-0.05, 0) is 41.8 Å². The summed E-state index contributed by atoms with van der Waals surface area (Å²) < 4.78 is 23.7. The Morgan fingerprint density at radius 2 is 1.95 bits per heavy atom. The molecule has 3 unspecified atom stereocenters. The molecule has 3 heterocycles. The molecule has 0 radical (unpaired) electrons. The average Bonchev–Trinajstić information content (AvgIpc) is 3.30. The second-order valence-corrected chi connectivity index (χ2v) is 10.4. The van der Waals surface area contributed by atoms with Gasteiger partial charge in [-0.2, -0.15) is 5.26 Å². The van der Waals surface area contributed by atoms with Crippen LogP contribution in [0.4, 0.5) is 0 Å². The maximum atomic E-state index is 12.8. The molecule has 0 aliphatic carbocycles. The molecule has 218 valence electrons. The molecule has 1 aromatic heterocycles. The second kappa shape index (κ2) is 13.9. The van der Waals surface area contributed by atoms with E-state index in [1.807, 2.05) is 42.5 Å². The summed E-state index contributed by atoms with van der Waals surface area (Å²) >= 11 is 0. The zero-order valence-electron chi connectivity index (χ0n) is 23.3. The van der Waals surface area contributed by atoms with Gasteiger partial charge in [0.25, 0.3) is 5.91 Å². The summed E-state index contributed by atoms with van der Waals surface area (Å²) in [6.07, 6.45) is 0.424. The Labute approximate surface area is 239 Å². The van der Waals surface area contributed by atoms with Gasteiger partial charge in [0.1, 0.15) is 12.1 Å². The highest BCUT2D eigenvalue weighted by atomic mass is 16.5. The van der Waals surface area contributed by atoms with E-state index in [0.29, 0.717) is 44.9 Å². The quantitative estimate of drug-likeness (QED) is 0.398. The van der Waals surface area contributed by atoms with Gasteiger partial charge < -0.3 is 29.3 Å². The van der Waals surface area contributed by atoms with Gasteiger partial charge >= 0.3 is 5.76 Å². The van der Waals surface area contributed by atoms with Crippen LogP contribution in [0.3, 0.4) is 0 Å². The van der Waals surface area contributed by atoms with E-state index in [0.717, 1.165) is 54.8 Å². The molecule has 2 saturated heterocycles. The van der Waals surface area contributed by atoms with Crippen LogP contribution in [-0.2, 0) is 32.0 Å². The van der Waals surface area contributed by atoms with Crippen molar-refractivity contribution in [2.75, 3.05) is 59.7 Å². The summed E-state index contributed by atoms with van der Waals surface area (Å²) in [5.74, 6) is -0.671. The molecular formula is C30H37N5O6. The highest BCUT2D eigenvalue weighted by Gasteiger charge is 2.25. The van der Waals surface area contributed by atoms with Crippen LogP contribution in [0.5, 0.6) is 0 Å². The van der Waals surface area contributed by atoms with Gasteiger partial charge in [-0.3, -0.25) is 14.3 Å². The van der Waals surface area contributed by atoms with Gasteiger partial charge in [0.15, 0.2) is 5.58 Å². The number of aromatic nitrogens is 1. The van der Waals surface area contributed by atoms with Gasteiger partial charge in [0, 0.05) is 46.3 Å². The molecule has 2 fully saturated rings. The van der Waals surface area contributed by atoms with E-state index >= 15 is 0 Å². The fraction of sp³-hybridized carbons (Fsp3) is 0.500. The van der Waals surface area contributed by atoms with E-state index in [1.165, 1.54) is 0 Å². The summed E-state index contributed by atoms with van der Waals surface area (Å²) in [5, 5.41) is 15.7. The highest BCUT2D eigenvalue weighted by Crippen LogP contribution is 2.25. The number of methoxy groups -OCH3 is 1. The second-order valence-electron chi connectivity index (χ2n) is 10.4. The van der Waals surface area contributed by atoms with Gasteiger partial charge in [-0.1, -0.05) is 30.3 Å². The molecule has 3 atom stereocenters. The molecule has 2 aromatic carbocycles. The number of oxazole rings is 1. The number of morpholine rings is 1. The Bertz CT molecular complexity index is 1410. The van der Waals surface area contributed by atoms with Crippen LogP contribution in [0, 0.1) is 11.3 Å². The molecule has 2 aliphatic heterocycles. The van der Waals surface area contributed by atoms with Crippen molar-refractivity contribution in [3.63, 3.8) is 0 Å². The maximum absolute atomic E-state index is 12.8. The zero-order valence-corrected chi connectivity index (χ0v) is 23.3. The van der Waals surface area contributed by atoms with E-state index in [-0.39, 0.29) is 17.8 Å². The number of hydrogen-bond donors (Lipinski definition) is 2. The van der Waals surface area contributed by atoms with Crippen LogP contribution in [-0.4, -0.2) is 93.3 Å². The number of benzene rings is 2. The number of rotatable bonds is 9. The molecule has 11 nitrogen and oxygen atoms in total. The van der Waals surface area contributed by atoms with Crippen LogP contribution in [0.15, 0.2) is 51.7 Å². The van der Waals surface area contributed by atoms with Crippen LogP contribution in [0.25, 0.3) is 22.2 Å². The van der Waals surface area contributed by atoms with Crippen molar-refractivity contribution in [1.82, 2.24) is 20.1 Å². The Balaban J connectivity index is 1.22. The lowest BCUT2D eigenvalue weighted by atomic mass is 10.0. The van der Waals surface area contributed by atoms with Crippen molar-refractivity contribution >= 4 is 17.0 Å². The summed E-state index contributed by atoms with van der Waals surface area (Å²) in [5.41, 5.74) is 4.18. The lowest BCUT2D eigenvalue weighted by Gasteiger charge is -2.26. The predicted molar refractivity (Wildman–Crippen MR) is 152 cm³/mol. The minimum absolute atomic E-state index is 0.0692. The molecule has 0 saturated carbocycles. The number of carbonyl (C=O) groups is 1. The Kier molecular flexibility index (Phi) is 9.82. The molecule has 2 aliphatic rings. The third-order valence-electron chi connectivity index (χ3n) is 7.69.